The van der Waals surface area contributed by atoms with Crippen molar-refractivity contribution in [3.05, 3.63) is 69.3 Å². The molecule has 0 saturated heterocycles. The van der Waals surface area contributed by atoms with E-state index in [-0.39, 0.29) is 5.91 Å². The first kappa shape index (κ1) is 16.3. The minimum Gasteiger partial charge on any atom is -0.444 e. The molecule has 2 aromatic heterocycles. The molecule has 5 nitrogen and oxygen atoms in total. The van der Waals surface area contributed by atoms with E-state index in [1.807, 2.05) is 24.3 Å². The summed E-state index contributed by atoms with van der Waals surface area (Å²) in [6.45, 7) is 1.08. The van der Waals surface area contributed by atoms with Crippen LogP contribution in [0, 0.1) is 0 Å². The molecule has 3 heterocycles. The molecule has 0 fully saturated rings. The number of carbonyl (C=O) groups excluding carboxylic acids is 1. The summed E-state index contributed by atoms with van der Waals surface area (Å²) in [5, 5.41) is 0.681. The van der Waals surface area contributed by atoms with E-state index in [0.29, 0.717) is 40.8 Å². The highest BCUT2D eigenvalue weighted by Crippen LogP contribution is 2.24. The van der Waals surface area contributed by atoms with Crippen molar-refractivity contribution in [2.45, 2.75) is 13.0 Å². The Morgan fingerprint density at radius 1 is 1.20 bits per heavy atom. The number of benzene rings is 1. The van der Waals surface area contributed by atoms with Crippen molar-refractivity contribution < 1.29 is 9.21 Å². The van der Waals surface area contributed by atoms with Crippen LogP contribution in [0.25, 0.3) is 11.4 Å². The first-order valence-corrected chi connectivity index (χ1v) is 8.92. The van der Waals surface area contributed by atoms with E-state index in [0.717, 1.165) is 16.8 Å². The van der Waals surface area contributed by atoms with Gasteiger partial charge < -0.3 is 9.32 Å². The maximum atomic E-state index is 12.5. The minimum atomic E-state index is -0.127. The van der Waals surface area contributed by atoms with Crippen LogP contribution in [-0.2, 0) is 13.0 Å². The Hall–Kier alpha value is -2.18. The molecule has 3 aromatic rings. The summed E-state index contributed by atoms with van der Waals surface area (Å²) in [5.41, 5.74) is 2.86. The summed E-state index contributed by atoms with van der Waals surface area (Å²) in [5.74, 6) is 0.873. The number of carbonyl (C=O) groups is 1. The van der Waals surface area contributed by atoms with Crippen LogP contribution in [0.3, 0.4) is 0 Å². The fourth-order valence-corrected chi connectivity index (χ4v) is 3.25. The second kappa shape index (κ2) is 6.61. The molecular formula is C18H13BrClN3O2. The minimum absolute atomic E-state index is 0.127. The number of aromatic nitrogens is 2. The number of hydrogen-bond acceptors (Lipinski definition) is 4. The zero-order chi connectivity index (χ0) is 17.4. The summed E-state index contributed by atoms with van der Waals surface area (Å²) in [4.78, 5) is 23.4. The summed E-state index contributed by atoms with van der Waals surface area (Å²) in [6.07, 6.45) is 2.48. The number of halogens is 2. The second-order valence-corrected chi connectivity index (χ2v) is 6.97. The molecule has 25 heavy (non-hydrogen) atoms. The van der Waals surface area contributed by atoms with Crippen LogP contribution in [0.15, 0.2) is 51.7 Å². The van der Waals surface area contributed by atoms with Gasteiger partial charge in [-0.15, -0.1) is 0 Å². The van der Waals surface area contributed by atoms with Crippen molar-refractivity contribution in [3.8, 4) is 11.4 Å². The molecule has 126 valence electrons. The predicted octanol–water partition coefficient (Wildman–Crippen LogP) is 4.35. The molecule has 1 aromatic carbocycles. The molecule has 0 unspecified atom stereocenters. The van der Waals surface area contributed by atoms with E-state index >= 15 is 0 Å². The van der Waals surface area contributed by atoms with E-state index in [1.165, 1.54) is 0 Å². The van der Waals surface area contributed by atoms with Gasteiger partial charge in [0.15, 0.2) is 16.3 Å². The van der Waals surface area contributed by atoms with Gasteiger partial charge >= 0.3 is 0 Å². The molecule has 0 bridgehead atoms. The van der Waals surface area contributed by atoms with Gasteiger partial charge in [-0.1, -0.05) is 11.6 Å². The Morgan fingerprint density at radius 2 is 2.00 bits per heavy atom. The smallest absolute Gasteiger partial charge is 0.289 e. The number of rotatable bonds is 2. The largest absolute Gasteiger partial charge is 0.444 e. The summed E-state index contributed by atoms with van der Waals surface area (Å²) in [6, 6.07) is 10.8. The monoisotopic (exact) mass is 417 g/mol. The van der Waals surface area contributed by atoms with Crippen molar-refractivity contribution >= 4 is 33.4 Å². The summed E-state index contributed by atoms with van der Waals surface area (Å²) in [7, 11) is 0. The van der Waals surface area contributed by atoms with E-state index in [4.69, 9.17) is 16.0 Å². The lowest BCUT2D eigenvalue weighted by Gasteiger charge is -2.27. The number of hydrogen-bond donors (Lipinski definition) is 0. The number of nitrogens with zero attached hydrogens (tertiary/aromatic N) is 3. The van der Waals surface area contributed by atoms with Gasteiger partial charge in [0.05, 0.1) is 5.69 Å². The lowest BCUT2D eigenvalue weighted by atomic mass is 10.1. The van der Waals surface area contributed by atoms with Gasteiger partial charge in [-0.05, 0) is 52.3 Å². The fourth-order valence-electron chi connectivity index (χ4n) is 2.81. The van der Waals surface area contributed by atoms with Crippen LogP contribution < -0.4 is 0 Å². The third-order valence-electron chi connectivity index (χ3n) is 4.11. The molecule has 1 amide bonds. The third-order valence-corrected chi connectivity index (χ3v) is 4.79. The highest BCUT2D eigenvalue weighted by molar-refractivity contribution is 9.10. The number of furan rings is 1. The molecule has 1 aliphatic heterocycles. The maximum Gasteiger partial charge on any atom is 0.289 e. The summed E-state index contributed by atoms with van der Waals surface area (Å²) >= 11 is 9.14. The Balaban J connectivity index is 1.56. The fraction of sp³-hybridized carbons (Fsp3) is 0.167. The van der Waals surface area contributed by atoms with Gasteiger partial charge in [0.2, 0.25) is 0 Å². The number of fused-ring (bicyclic) bond motifs is 1. The molecule has 1 aliphatic rings. The molecule has 4 rings (SSSR count). The molecule has 7 heteroatoms. The Morgan fingerprint density at radius 3 is 2.72 bits per heavy atom. The lowest BCUT2D eigenvalue weighted by Crippen LogP contribution is -2.36. The van der Waals surface area contributed by atoms with Crippen molar-refractivity contribution in [2.75, 3.05) is 6.54 Å². The van der Waals surface area contributed by atoms with Gasteiger partial charge in [0, 0.05) is 41.9 Å². The van der Waals surface area contributed by atoms with E-state index in [9.17, 15) is 4.79 Å². The molecule has 0 N–H and O–H groups in total. The first-order chi connectivity index (χ1) is 12.1. The van der Waals surface area contributed by atoms with E-state index < -0.39 is 0 Å². The number of amides is 1. The van der Waals surface area contributed by atoms with E-state index in [1.54, 1.807) is 23.2 Å². The van der Waals surface area contributed by atoms with Gasteiger partial charge in [-0.3, -0.25) is 4.79 Å². The van der Waals surface area contributed by atoms with Gasteiger partial charge in [-0.25, -0.2) is 9.97 Å². The van der Waals surface area contributed by atoms with Gasteiger partial charge in [0.1, 0.15) is 0 Å². The quantitative estimate of drug-likeness (QED) is 0.621. The van der Waals surface area contributed by atoms with Crippen molar-refractivity contribution in [3.63, 3.8) is 0 Å². The van der Waals surface area contributed by atoms with Crippen LogP contribution in [0.2, 0.25) is 5.02 Å². The van der Waals surface area contributed by atoms with Crippen LogP contribution in [0.1, 0.15) is 21.8 Å². The Labute approximate surface area is 157 Å². The van der Waals surface area contributed by atoms with E-state index in [2.05, 4.69) is 25.9 Å². The topological polar surface area (TPSA) is 59.2 Å². The predicted molar refractivity (Wildman–Crippen MR) is 97.3 cm³/mol. The van der Waals surface area contributed by atoms with Gasteiger partial charge in [-0.2, -0.15) is 0 Å². The summed E-state index contributed by atoms with van der Waals surface area (Å²) < 4.78 is 5.90. The average molecular weight is 419 g/mol. The Kier molecular flexibility index (Phi) is 4.31. The standard InChI is InChI=1S/C18H13BrClN3O2/c19-16-6-5-15(25-16)18(24)23-8-7-14-12(10-23)9-21-17(22-14)11-1-3-13(20)4-2-11/h1-6,9H,7-8,10H2. The zero-order valence-corrected chi connectivity index (χ0v) is 15.4. The zero-order valence-electron chi connectivity index (χ0n) is 13.1. The highest BCUT2D eigenvalue weighted by atomic mass is 79.9. The van der Waals surface area contributed by atoms with Crippen LogP contribution >= 0.6 is 27.5 Å². The molecule has 0 aliphatic carbocycles. The first-order valence-electron chi connectivity index (χ1n) is 7.75. The van der Waals surface area contributed by atoms with Crippen LogP contribution in [0.5, 0.6) is 0 Å². The van der Waals surface area contributed by atoms with Gasteiger partial charge in [0.25, 0.3) is 5.91 Å². The van der Waals surface area contributed by atoms with Crippen molar-refractivity contribution in [2.24, 2.45) is 0 Å². The Bertz CT molecular complexity index is 940. The lowest BCUT2D eigenvalue weighted by molar-refractivity contribution is 0.0699. The maximum absolute atomic E-state index is 12.5. The van der Waals surface area contributed by atoms with Crippen LogP contribution in [-0.4, -0.2) is 27.3 Å². The normalized spacial score (nSPS) is 13.6. The molecule has 0 atom stereocenters. The van der Waals surface area contributed by atoms with Crippen molar-refractivity contribution in [1.82, 2.24) is 14.9 Å². The van der Waals surface area contributed by atoms with Crippen molar-refractivity contribution in [1.29, 1.82) is 0 Å². The SMILES string of the molecule is O=C(c1ccc(Br)o1)N1CCc2nc(-c3ccc(Cl)cc3)ncc2C1. The molecule has 0 radical (unpaired) electrons. The third kappa shape index (κ3) is 3.32. The van der Waals surface area contributed by atoms with Crippen LogP contribution in [0.4, 0.5) is 0 Å². The second-order valence-electron chi connectivity index (χ2n) is 5.75. The molecule has 0 spiro atoms. The highest BCUT2D eigenvalue weighted by Gasteiger charge is 2.25. The molecular weight excluding hydrogens is 406 g/mol. The average Bonchev–Trinajstić information content (AvgIpc) is 3.07. The molecule has 0 saturated carbocycles.